The average molecular weight is 153 g/mol. The normalized spacial score (nSPS) is 35.6. The van der Waals surface area contributed by atoms with E-state index in [1.807, 2.05) is 0 Å². The molecule has 0 aromatic carbocycles. The number of aliphatic carboxylic acids is 1. The van der Waals surface area contributed by atoms with Gasteiger partial charge in [0.15, 0.2) is 0 Å². The van der Waals surface area contributed by atoms with E-state index in [0.717, 1.165) is 0 Å². The molecule has 0 radical (unpaired) electrons. The van der Waals surface area contributed by atoms with Crippen molar-refractivity contribution < 1.29 is 9.90 Å². The predicted octanol–water partition coefficient (Wildman–Crippen LogP) is 0.531. The monoisotopic (exact) mass is 153 g/mol. The summed E-state index contributed by atoms with van der Waals surface area (Å²) in [6.07, 6.45) is 6.76. The van der Waals surface area contributed by atoms with Crippen molar-refractivity contribution in [2.45, 2.75) is 12.5 Å². The molecule has 11 heavy (non-hydrogen) atoms. The van der Waals surface area contributed by atoms with Gasteiger partial charge < -0.3 is 10.8 Å². The Bertz CT molecular complexity index is 228. The topological polar surface area (TPSA) is 63.3 Å². The minimum atomic E-state index is -0.879. The molecule has 2 atom stereocenters. The van der Waals surface area contributed by atoms with Crippen LogP contribution in [0.1, 0.15) is 6.92 Å². The Morgan fingerprint density at radius 3 is 2.64 bits per heavy atom. The summed E-state index contributed by atoms with van der Waals surface area (Å²) in [5.41, 5.74) is 4.95. The van der Waals surface area contributed by atoms with Crippen molar-refractivity contribution in [1.29, 1.82) is 0 Å². The van der Waals surface area contributed by atoms with Gasteiger partial charge >= 0.3 is 5.97 Å². The van der Waals surface area contributed by atoms with Crippen molar-refractivity contribution in [3.05, 3.63) is 24.3 Å². The number of rotatable bonds is 1. The van der Waals surface area contributed by atoms with Gasteiger partial charge in [0.05, 0.1) is 5.92 Å². The summed E-state index contributed by atoms with van der Waals surface area (Å²) in [5.74, 6) is -1.48. The molecular weight excluding hydrogens is 142 g/mol. The highest BCUT2D eigenvalue weighted by molar-refractivity contribution is 5.75. The second-order valence-electron chi connectivity index (χ2n) is 2.93. The van der Waals surface area contributed by atoms with E-state index in [1.54, 1.807) is 31.2 Å². The molecule has 0 amide bonds. The number of carbonyl (C=O) groups is 1. The van der Waals surface area contributed by atoms with Gasteiger partial charge in [-0.3, -0.25) is 4.79 Å². The molecule has 0 aromatic rings. The highest BCUT2D eigenvalue weighted by atomic mass is 16.4. The fraction of sp³-hybridized carbons (Fsp3) is 0.375. The quantitative estimate of drug-likeness (QED) is 0.577. The van der Waals surface area contributed by atoms with Gasteiger partial charge in [0.25, 0.3) is 0 Å². The SMILES string of the molecule is CC1(N)C=CC=CC1C(=O)O. The number of nitrogens with two attached hydrogens (primary N) is 1. The second kappa shape index (κ2) is 2.51. The van der Waals surface area contributed by atoms with Crippen molar-refractivity contribution in [3.8, 4) is 0 Å². The lowest BCUT2D eigenvalue weighted by atomic mass is 9.83. The molecule has 0 saturated heterocycles. The van der Waals surface area contributed by atoms with Crippen LogP contribution in [0, 0.1) is 5.92 Å². The van der Waals surface area contributed by atoms with Crippen LogP contribution in [0.15, 0.2) is 24.3 Å². The molecule has 3 heteroatoms. The van der Waals surface area contributed by atoms with Crippen LogP contribution in [0.4, 0.5) is 0 Å². The predicted molar refractivity (Wildman–Crippen MR) is 42.0 cm³/mol. The minimum Gasteiger partial charge on any atom is -0.481 e. The third-order valence-corrected chi connectivity index (χ3v) is 1.81. The molecule has 3 N–H and O–H groups in total. The van der Waals surface area contributed by atoms with E-state index in [0.29, 0.717) is 0 Å². The maximum Gasteiger partial charge on any atom is 0.312 e. The van der Waals surface area contributed by atoms with E-state index in [4.69, 9.17) is 10.8 Å². The average Bonchev–Trinajstić information content (AvgIpc) is 1.85. The van der Waals surface area contributed by atoms with Crippen molar-refractivity contribution in [1.82, 2.24) is 0 Å². The summed E-state index contributed by atoms with van der Waals surface area (Å²) in [6, 6.07) is 0. The van der Waals surface area contributed by atoms with Crippen LogP contribution in [-0.2, 0) is 4.79 Å². The molecular formula is C8H11NO2. The Labute approximate surface area is 65.2 Å². The number of hydrogen-bond acceptors (Lipinski definition) is 2. The van der Waals surface area contributed by atoms with E-state index in [9.17, 15) is 4.79 Å². The Balaban J connectivity index is 2.89. The standard InChI is InChI=1S/C8H11NO2/c1-8(9)5-3-2-4-6(8)7(10)11/h2-6H,9H2,1H3,(H,10,11). The lowest BCUT2D eigenvalue weighted by Crippen LogP contribution is -2.46. The van der Waals surface area contributed by atoms with Crippen LogP contribution in [0.2, 0.25) is 0 Å². The van der Waals surface area contributed by atoms with Gasteiger partial charge in [-0.2, -0.15) is 0 Å². The minimum absolute atomic E-state index is 0.604. The zero-order chi connectivity index (χ0) is 8.48. The van der Waals surface area contributed by atoms with Crippen molar-refractivity contribution >= 4 is 5.97 Å². The largest absolute Gasteiger partial charge is 0.481 e. The third kappa shape index (κ3) is 1.49. The van der Waals surface area contributed by atoms with Crippen LogP contribution in [0.5, 0.6) is 0 Å². The van der Waals surface area contributed by atoms with Crippen molar-refractivity contribution in [2.24, 2.45) is 11.7 Å². The van der Waals surface area contributed by atoms with Gasteiger partial charge in [-0.1, -0.05) is 24.3 Å². The van der Waals surface area contributed by atoms with Crippen molar-refractivity contribution in [3.63, 3.8) is 0 Å². The highest BCUT2D eigenvalue weighted by Gasteiger charge is 2.32. The van der Waals surface area contributed by atoms with Crippen LogP contribution in [0.3, 0.4) is 0 Å². The molecule has 0 aromatic heterocycles. The zero-order valence-corrected chi connectivity index (χ0v) is 6.32. The Morgan fingerprint density at radius 1 is 1.64 bits per heavy atom. The van der Waals surface area contributed by atoms with Gasteiger partial charge in [-0.25, -0.2) is 0 Å². The molecule has 3 nitrogen and oxygen atoms in total. The zero-order valence-electron chi connectivity index (χ0n) is 6.32. The van der Waals surface area contributed by atoms with Gasteiger partial charge in [-0.15, -0.1) is 0 Å². The summed E-state index contributed by atoms with van der Waals surface area (Å²) in [6.45, 7) is 1.70. The Morgan fingerprint density at radius 2 is 2.27 bits per heavy atom. The lowest BCUT2D eigenvalue weighted by molar-refractivity contribution is -0.141. The fourth-order valence-corrected chi connectivity index (χ4v) is 1.10. The van der Waals surface area contributed by atoms with Crippen LogP contribution < -0.4 is 5.73 Å². The molecule has 1 aliphatic carbocycles. The maximum absolute atomic E-state index is 10.6. The molecule has 0 spiro atoms. The first-order valence-corrected chi connectivity index (χ1v) is 3.42. The molecule has 60 valence electrons. The summed E-state index contributed by atoms with van der Waals surface area (Å²) < 4.78 is 0. The van der Waals surface area contributed by atoms with E-state index in [2.05, 4.69) is 0 Å². The molecule has 1 rings (SSSR count). The smallest absolute Gasteiger partial charge is 0.312 e. The van der Waals surface area contributed by atoms with E-state index in [-0.39, 0.29) is 0 Å². The second-order valence-corrected chi connectivity index (χ2v) is 2.93. The number of allylic oxidation sites excluding steroid dienone is 2. The van der Waals surface area contributed by atoms with Crippen LogP contribution in [-0.4, -0.2) is 16.6 Å². The molecule has 0 bridgehead atoms. The lowest BCUT2D eigenvalue weighted by Gasteiger charge is -2.27. The molecule has 2 unspecified atom stereocenters. The van der Waals surface area contributed by atoms with Gasteiger partial charge in [-0.05, 0) is 6.92 Å². The van der Waals surface area contributed by atoms with Gasteiger partial charge in [0.1, 0.15) is 0 Å². The van der Waals surface area contributed by atoms with E-state index < -0.39 is 17.4 Å². The molecule has 0 aliphatic heterocycles. The Hall–Kier alpha value is -1.09. The van der Waals surface area contributed by atoms with Crippen molar-refractivity contribution in [2.75, 3.05) is 0 Å². The molecule has 1 aliphatic rings. The number of hydrogen-bond donors (Lipinski definition) is 2. The summed E-state index contributed by atoms with van der Waals surface area (Å²) in [4.78, 5) is 10.6. The first-order chi connectivity index (χ1) is 5.04. The van der Waals surface area contributed by atoms with E-state index >= 15 is 0 Å². The van der Waals surface area contributed by atoms with Gasteiger partial charge in [0.2, 0.25) is 0 Å². The first-order valence-electron chi connectivity index (χ1n) is 3.42. The summed E-state index contributed by atoms with van der Waals surface area (Å²) in [5, 5.41) is 8.71. The fourth-order valence-electron chi connectivity index (χ4n) is 1.10. The third-order valence-electron chi connectivity index (χ3n) is 1.81. The number of carboxylic acid groups (broad SMARTS) is 1. The summed E-state index contributed by atoms with van der Waals surface area (Å²) >= 11 is 0. The van der Waals surface area contributed by atoms with Crippen LogP contribution >= 0.6 is 0 Å². The maximum atomic E-state index is 10.6. The summed E-state index contributed by atoms with van der Waals surface area (Å²) in [7, 11) is 0. The highest BCUT2D eigenvalue weighted by Crippen LogP contribution is 2.21. The first kappa shape index (κ1) is 8.01. The Kier molecular flexibility index (Phi) is 1.83. The van der Waals surface area contributed by atoms with Crippen LogP contribution in [0.25, 0.3) is 0 Å². The van der Waals surface area contributed by atoms with E-state index in [1.165, 1.54) is 0 Å². The van der Waals surface area contributed by atoms with Gasteiger partial charge in [0, 0.05) is 5.54 Å². The molecule has 0 fully saturated rings. The molecule has 0 saturated carbocycles. The number of carboxylic acids is 1. The molecule has 0 heterocycles.